The van der Waals surface area contributed by atoms with Gasteiger partial charge in [0, 0.05) is 12.6 Å². The molecule has 1 heterocycles. The van der Waals surface area contributed by atoms with Crippen LogP contribution < -0.4 is 5.32 Å². The summed E-state index contributed by atoms with van der Waals surface area (Å²) >= 11 is 6.16. The van der Waals surface area contributed by atoms with Crippen LogP contribution in [0.4, 0.5) is 0 Å². The highest BCUT2D eigenvalue weighted by atomic mass is 35.5. The smallest absolute Gasteiger partial charge is 0.253 e. The predicted octanol–water partition coefficient (Wildman–Crippen LogP) is 4.11. The minimum Gasteiger partial charge on any atom is -0.349 e. The fourth-order valence-corrected chi connectivity index (χ4v) is 4.20. The van der Waals surface area contributed by atoms with Crippen molar-refractivity contribution in [1.29, 1.82) is 0 Å². The summed E-state index contributed by atoms with van der Waals surface area (Å²) in [7, 11) is 0. The van der Waals surface area contributed by atoms with Crippen LogP contribution in [0.2, 0.25) is 5.02 Å². The Hall–Kier alpha value is -1.06. The van der Waals surface area contributed by atoms with Gasteiger partial charge >= 0.3 is 0 Å². The second-order valence-corrected chi connectivity index (χ2v) is 7.37. The Morgan fingerprint density at radius 3 is 2.61 bits per heavy atom. The van der Waals surface area contributed by atoms with Gasteiger partial charge in [-0.05, 0) is 56.8 Å². The van der Waals surface area contributed by atoms with E-state index >= 15 is 0 Å². The van der Waals surface area contributed by atoms with Crippen LogP contribution in [0.25, 0.3) is 0 Å². The number of carbonyl (C=O) groups excluding carboxylic acids is 1. The van der Waals surface area contributed by atoms with Crippen LogP contribution in [0.1, 0.15) is 55.3 Å². The number of piperidine rings is 1. The third-order valence-electron chi connectivity index (χ3n) is 5.29. The molecule has 2 atom stereocenters. The molecular formula is C19H27ClN2O. The quantitative estimate of drug-likeness (QED) is 0.898. The maximum absolute atomic E-state index is 12.6. The molecule has 1 aromatic carbocycles. The van der Waals surface area contributed by atoms with Gasteiger partial charge < -0.3 is 10.2 Å². The van der Waals surface area contributed by atoms with Crippen LogP contribution in [-0.4, -0.2) is 36.5 Å². The molecule has 1 saturated carbocycles. The van der Waals surface area contributed by atoms with Crippen molar-refractivity contribution in [3.8, 4) is 0 Å². The number of benzene rings is 1. The van der Waals surface area contributed by atoms with Crippen LogP contribution in [0, 0.1) is 5.92 Å². The van der Waals surface area contributed by atoms with Crippen LogP contribution in [0.5, 0.6) is 0 Å². The van der Waals surface area contributed by atoms with Gasteiger partial charge in [-0.1, -0.05) is 43.0 Å². The zero-order valence-corrected chi connectivity index (χ0v) is 14.5. The van der Waals surface area contributed by atoms with Gasteiger partial charge in [0.1, 0.15) is 0 Å². The maximum atomic E-state index is 12.6. The SMILES string of the molecule is O=C(NC1CCCC[C@H]1CN1CCCCC1)c1ccccc1Cl. The fourth-order valence-electron chi connectivity index (χ4n) is 3.98. The highest BCUT2D eigenvalue weighted by Crippen LogP contribution is 2.27. The summed E-state index contributed by atoms with van der Waals surface area (Å²) in [4.78, 5) is 15.2. The average Bonchev–Trinajstić information content (AvgIpc) is 2.58. The summed E-state index contributed by atoms with van der Waals surface area (Å²) in [6, 6.07) is 7.60. The lowest BCUT2D eigenvalue weighted by molar-refractivity contribution is 0.0877. The molecule has 3 nitrogen and oxygen atoms in total. The summed E-state index contributed by atoms with van der Waals surface area (Å²) in [5, 5.41) is 3.80. The Bertz CT molecular complexity index is 528. The van der Waals surface area contributed by atoms with E-state index in [1.807, 2.05) is 12.1 Å². The Balaban J connectivity index is 1.62. The normalized spacial score (nSPS) is 26.0. The van der Waals surface area contributed by atoms with E-state index in [9.17, 15) is 4.79 Å². The number of hydrogen-bond acceptors (Lipinski definition) is 2. The predicted molar refractivity (Wildman–Crippen MR) is 95.0 cm³/mol. The first-order valence-electron chi connectivity index (χ1n) is 9.02. The third kappa shape index (κ3) is 4.48. The van der Waals surface area contributed by atoms with E-state index in [1.165, 1.54) is 51.6 Å². The topological polar surface area (TPSA) is 32.3 Å². The number of hydrogen-bond donors (Lipinski definition) is 1. The van der Waals surface area contributed by atoms with Crippen molar-refractivity contribution in [1.82, 2.24) is 10.2 Å². The van der Waals surface area contributed by atoms with Gasteiger partial charge in [0.2, 0.25) is 0 Å². The Kier molecular flexibility index (Phi) is 5.96. The molecule has 1 aromatic rings. The Morgan fingerprint density at radius 1 is 1.09 bits per heavy atom. The second kappa shape index (κ2) is 8.16. The van der Waals surface area contributed by atoms with Crippen molar-refractivity contribution >= 4 is 17.5 Å². The molecule has 3 rings (SSSR count). The molecule has 0 aromatic heterocycles. The molecule has 1 N–H and O–H groups in total. The number of rotatable bonds is 4. The van der Waals surface area contributed by atoms with Crippen molar-refractivity contribution in [2.45, 2.75) is 51.0 Å². The van der Waals surface area contributed by atoms with Crippen LogP contribution in [-0.2, 0) is 0 Å². The zero-order valence-electron chi connectivity index (χ0n) is 13.8. The number of nitrogens with zero attached hydrogens (tertiary/aromatic N) is 1. The standard InChI is InChI=1S/C19H27ClN2O/c20-17-10-4-3-9-16(17)19(23)21-18-11-5-2-8-15(18)14-22-12-6-1-7-13-22/h3-4,9-10,15,18H,1-2,5-8,11-14H2,(H,21,23)/t15-,18?/m0/s1. The molecule has 0 radical (unpaired) electrons. The lowest BCUT2D eigenvalue weighted by Gasteiger charge is -2.37. The van der Waals surface area contributed by atoms with E-state index in [1.54, 1.807) is 12.1 Å². The summed E-state index contributed by atoms with van der Waals surface area (Å²) < 4.78 is 0. The lowest BCUT2D eigenvalue weighted by Crippen LogP contribution is -2.47. The molecule has 23 heavy (non-hydrogen) atoms. The monoisotopic (exact) mass is 334 g/mol. The van der Waals surface area contributed by atoms with Gasteiger partial charge in [0.15, 0.2) is 0 Å². The molecule has 1 amide bonds. The molecule has 4 heteroatoms. The van der Waals surface area contributed by atoms with Crippen molar-refractivity contribution in [2.75, 3.05) is 19.6 Å². The third-order valence-corrected chi connectivity index (χ3v) is 5.62. The second-order valence-electron chi connectivity index (χ2n) is 6.97. The molecule has 2 aliphatic rings. The largest absolute Gasteiger partial charge is 0.349 e. The van der Waals surface area contributed by atoms with Gasteiger partial charge in [-0.25, -0.2) is 0 Å². The van der Waals surface area contributed by atoms with Crippen molar-refractivity contribution < 1.29 is 4.79 Å². The first-order chi connectivity index (χ1) is 11.2. The minimum atomic E-state index is -0.0221. The van der Waals surface area contributed by atoms with Crippen molar-refractivity contribution in [3.05, 3.63) is 34.9 Å². The first-order valence-corrected chi connectivity index (χ1v) is 9.39. The molecule has 2 fully saturated rings. The molecule has 1 unspecified atom stereocenters. The van der Waals surface area contributed by atoms with E-state index in [0.29, 0.717) is 16.5 Å². The number of nitrogens with one attached hydrogen (secondary N) is 1. The van der Waals surface area contributed by atoms with Crippen molar-refractivity contribution in [3.63, 3.8) is 0 Å². The van der Waals surface area contributed by atoms with Gasteiger partial charge in [0.05, 0.1) is 10.6 Å². The molecule has 1 aliphatic carbocycles. The van der Waals surface area contributed by atoms with E-state index in [2.05, 4.69) is 10.2 Å². The van der Waals surface area contributed by atoms with Crippen LogP contribution in [0.3, 0.4) is 0 Å². The summed E-state index contributed by atoms with van der Waals surface area (Å²) in [5.74, 6) is 0.555. The summed E-state index contributed by atoms with van der Waals surface area (Å²) in [6.45, 7) is 3.58. The van der Waals surface area contributed by atoms with Gasteiger partial charge in [-0.3, -0.25) is 4.79 Å². The van der Waals surface area contributed by atoms with Gasteiger partial charge in [0.25, 0.3) is 5.91 Å². The van der Waals surface area contributed by atoms with Crippen molar-refractivity contribution in [2.24, 2.45) is 5.92 Å². The molecule has 0 spiro atoms. The van der Waals surface area contributed by atoms with E-state index < -0.39 is 0 Å². The maximum Gasteiger partial charge on any atom is 0.253 e. The number of likely N-dealkylation sites (tertiary alicyclic amines) is 1. The highest BCUT2D eigenvalue weighted by molar-refractivity contribution is 6.33. The Morgan fingerprint density at radius 2 is 1.83 bits per heavy atom. The molecule has 1 saturated heterocycles. The Labute approximate surface area is 144 Å². The number of carbonyl (C=O) groups is 1. The van der Waals surface area contributed by atoms with Gasteiger partial charge in [-0.15, -0.1) is 0 Å². The number of halogens is 1. The highest BCUT2D eigenvalue weighted by Gasteiger charge is 2.29. The lowest BCUT2D eigenvalue weighted by atomic mass is 9.83. The van der Waals surface area contributed by atoms with E-state index in [4.69, 9.17) is 11.6 Å². The van der Waals surface area contributed by atoms with Crippen LogP contribution in [0.15, 0.2) is 24.3 Å². The fraction of sp³-hybridized carbons (Fsp3) is 0.632. The minimum absolute atomic E-state index is 0.0221. The zero-order chi connectivity index (χ0) is 16.1. The van der Waals surface area contributed by atoms with E-state index in [-0.39, 0.29) is 11.9 Å². The van der Waals surface area contributed by atoms with Gasteiger partial charge in [-0.2, -0.15) is 0 Å². The molecule has 0 bridgehead atoms. The first kappa shape index (κ1) is 16.8. The summed E-state index contributed by atoms with van der Waals surface area (Å²) in [5.41, 5.74) is 0.594. The average molecular weight is 335 g/mol. The molecule has 126 valence electrons. The number of amides is 1. The van der Waals surface area contributed by atoms with E-state index in [0.717, 1.165) is 13.0 Å². The van der Waals surface area contributed by atoms with Crippen LogP contribution >= 0.6 is 11.6 Å². The molecular weight excluding hydrogens is 308 g/mol. The molecule has 1 aliphatic heterocycles. The summed E-state index contributed by atoms with van der Waals surface area (Å²) in [6.07, 6.45) is 8.83.